The lowest BCUT2D eigenvalue weighted by atomic mass is 9.84. The summed E-state index contributed by atoms with van der Waals surface area (Å²) in [5, 5.41) is 0. The standard InChI is InChI=1S/C13H23N3/c1-2-5-13-15-8-9-16(13)12-7-4-3-6-11(12)10-14/h8-9,11-12H,2-7,10,14H2,1H3. The SMILES string of the molecule is CCCc1nccn1C1CCCCC1CN. The second kappa shape index (κ2) is 5.48. The minimum atomic E-state index is 0.600. The zero-order valence-electron chi connectivity index (χ0n) is 10.2. The van der Waals surface area contributed by atoms with Crippen LogP contribution in [-0.4, -0.2) is 16.1 Å². The largest absolute Gasteiger partial charge is 0.332 e. The number of hydrogen-bond donors (Lipinski definition) is 1. The minimum absolute atomic E-state index is 0.600. The molecule has 2 N–H and O–H groups in total. The van der Waals surface area contributed by atoms with Crippen molar-refractivity contribution in [1.29, 1.82) is 0 Å². The van der Waals surface area contributed by atoms with E-state index in [0.29, 0.717) is 12.0 Å². The van der Waals surface area contributed by atoms with Gasteiger partial charge in [0.15, 0.2) is 0 Å². The Labute approximate surface area is 98.1 Å². The topological polar surface area (TPSA) is 43.8 Å². The molecular formula is C13H23N3. The number of nitrogens with two attached hydrogens (primary N) is 1. The maximum absolute atomic E-state index is 5.89. The van der Waals surface area contributed by atoms with Crippen LogP contribution in [0.4, 0.5) is 0 Å². The third-order valence-electron chi connectivity index (χ3n) is 3.75. The average molecular weight is 221 g/mol. The number of nitrogens with zero attached hydrogens (tertiary/aromatic N) is 2. The molecule has 1 heterocycles. The summed E-state index contributed by atoms with van der Waals surface area (Å²) in [6, 6.07) is 0.600. The fourth-order valence-electron chi connectivity index (χ4n) is 2.89. The molecular weight excluding hydrogens is 198 g/mol. The average Bonchev–Trinajstić information content (AvgIpc) is 2.77. The first-order valence-electron chi connectivity index (χ1n) is 6.58. The first-order chi connectivity index (χ1) is 7.86. The van der Waals surface area contributed by atoms with Gasteiger partial charge in [-0.25, -0.2) is 4.98 Å². The van der Waals surface area contributed by atoms with Crippen molar-refractivity contribution in [3.05, 3.63) is 18.2 Å². The van der Waals surface area contributed by atoms with Crippen LogP contribution in [0.5, 0.6) is 0 Å². The summed E-state index contributed by atoms with van der Waals surface area (Å²) in [7, 11) is 0. The Kier molecular flexibility index (Phi) is 3.99. The molecule has 0 aromatic carbocycles. The van der Waals surface area contributed by atoms with Crippen molar-refractivity contribution >= 4 is 0 Å². The van der Waals surface area contributed by atoms with Gasteiger partial charge in [-0.2, -0.15) is 0 Å². The molecule has 0 spiro atoms. The molecule has 0 amide bonds. The summed E-state index contributed by atoms with van der Waals surface area (Å²) >= 11 is 0. The van der Waals surface area contributed by atoms with Gasteiger partial charge in [-0.05, 0) is 31.7 Å². The molecule has 3 nitrogen and oxygen atoms in total. The van der Waals surface area contributed by atoms with Gasteiger partial charge in [0.2, 0.25) is 0 Å². The zero-order valence-corrected chi connectivity index (χ0v) is 10.2. The first-order valence-corrected chi connectivity index (χ1v) is 6.58. The van der Waals surface area contributed by atoms with Crippen molar-refractivity contribution in [3.8, 4) is 0 Å². The summed E-state index contributed by atoms with van der Waals surface area (Å²) in [4.78, 5) is 4.47. The molecule has 1 aromatic heterocycles. The van der Waals surface area contributed by atoms with Gasteiger partial charge in [0.25, 0.3) is 0 Å². The van der Waals surface area contributed by atoms with Crippen molar-refractivity contribution < 1.29 is 0 Å². The second-order valence-electron chi connectivity index (χ2n) is 4.85. The highest BCUT2D eigenvalue weighted by Crippen LogP contribution is 2.34. The Bertz CT molecular complexity index is 319. The van der Waals surface area contributed by atoms with E-state index in [1.165, 1.54) is 31.5 Å². The van der Waals surface area contributed by atoms with Gasteiger partial charge in [0.1, 0.15) is 5.82 Å². The van der Waals surface area contributed by atoms with Crippen LogP contribution in [-0.2, 0) is 6.42 Å². The van der Waals surface area contributed by atoms with Gasteiger partial charge in [0.05, 0.1) is 0 Å². The van der Waals surface area contributed by atoms with E-state index in [1.54, 1.807) is 0 Å². The van der Waals surface area contributed by atoms with E-state index in [-0.39, 0.29) is 0 Å². The molecule has 16 heavy (non-hydrogen) atoms. The van der Waals surface area contributed by atoms with E-state index >= 15 is 0 Å². The number of imidazole rings is 1. The summed E-state index contributed by atoms with van der Waals surface area (Å²) in [5.41, 5.74) is 5.89. The Balaban J connectivity index is 2.16. The Morgan fingerprint density at radius 3 is 3.00 bits per heavy atom. The third-order valence-corrected chi connectivity index (χ3v) is 3.75. The molecule has 1 saturated carbocycles. The fraction of sp³-hybridized carbons (Fsp3) is 0.769. The van der Waals surface area contributed by atoms with Crippen LogP contribution >= 0.6 is 0 Å². The van der Waals surface area contributed by atoms with E-state index in [1.807, 2.05) is 6.20 Å². The van der Waals surface area contributed by atoms with Crippen LogP contribution in [0.1, 0.15) is 50.9 Å². The highest BCUT2D eigenvalue weighted by atomic mass is 15.1. The van der Waals surface area contributed by atoms with E-state index in [2.05, 4.69) is 22.7 Å². The molecule has 1 aliphatic carbocycles. The fourth-order valence-corrected chi connectivity index (χ4v) is 2.89. The lowest BCUT2D eigenvalue weighted by molar-refractivity contribution is 0.240. The molecule has 2 atom stereocenters. The van der Waals surface area contributed by atoms with E-state index in [9.17, 15) is 0 Å². The van der Waals surface area contributed by atoms with E-state index in [4.69, 9.17) is 5.73 Å². The van der Waals surface area contributed by atoms with Crippen molar-refractivity contribution in [3.63, 3.8) is 0 Å². The lowest BCUT2D eigenvalue weighted by Crippen LogP contribution is -2.29. The number of aryl methyl sites for hydroxylation is 1. The van der Waals surface area contributed by atoms with Gasteiger partial charge in [-0.1, -0.05) is 19.8 Å². The maximum Gasteiger partial charge on any atom is 0.108 e. The number of rotatable bonds is 4. The van der Waals surface area contributed by atoms with E-state index < -0.39 is 0 Å². The van der Waals surface area contributed by atoms with Crippen molar-refractivity contribution in [2.24, 2.45) is 11.7 Å². The molecule has 0 saturated heterocycles. The van der Waals surface area contributed by atoms with Crippen LogP contribution in [0.2, 0.25) is 0 Å². The molecule has 1 aliphatic rings. The van der Waals surface area contributed by atoms with Crippen LogP contribution in [0.15, 0.2) is 12.4 Å². The van der Waals surface area contributed by atoms with Gasteiger partial charge in [-0.3, -0.25) is 0 Å². The number of aromatic nitrogens is 2. The lowest BCUT2D eigenvalue weighted by Gasteiger charge is -2.32. The summed E-state index contributed by atoms with van der Waals surface area (Å²) < 4.78 is 2.39. The summed E-state index contributed by atoms with van der Waals surface area (Å²) in [6.07, 6.45) is 11.6. The van der Waals surface area contributed by atoms with Crippen LogP contribution in [0, 0.1) is 5.92 Å². The molecule has 3 heteroatoms. The molecule has 0 radical (unpaired) electrons. The first kappa shape index (κ1) is 11.6. The van der Waals surface area contributed by atoms with E-state index in [0.717, 1.165) is 19.4 Å². The van der Waals surface area contributed by atoms with Gasteiger partial charge < -0.3 is 10.3 Å². The molecule has 0 aliphatic heterocycles. The quantitative estimate of drug-likeness (QED) is 0.849. The van der Waals surface area contributed by atoms with Crippen LogP contribution in [0.25, 0.3) is 0 Å². The highest BCUT2D eigenvalue weighted by Gasteiger charge is 2.26. The molecule has 0 bridgehead atoms. The maximum atomic E-state index is 5.89. The minimum Gasteiger partial charge on any atom is -0.332 e. The van der Waals surface area contributed by atoms with Crippen molar-refractivity contribution in [1.82, 2.24) is 9.55 Å². The predicted octanol–water partition coefficient (Wildman–Crippen LogP) is 2.53. The summed E-state index contributed by atoms with van der Waals surface area (Å²) in [5.74, 6) is 1.89. The molecule has 2 unspecified atom stereocenters. The molecule has 1 fully saturated rings. The van der Waals surface area contributed by atoms with Crippen molar-refractivity contribution in [2.45, 2.75) is 51.5 Å². The molecule has 1 aromatic rings. The van der Waals surface area contributed by atoms with Gasteiger partial charge in [0, 0.05) is 24.9 Å². The zero-order chi connectivity index (χ0) is 11.4. The second-order valence-corrected chi connectivity index (χ2v) is 4.85. The normalized spacial score (nSPS) is 25.9. The third kappa shape index (κ3) is 2.29. The van der Waals surface area contributed by atoms with Crippen molar-refractivity contribution in [2.75, 3.05) is 6.54 Å². The number of hydrogen-bond acceptors (Lipinski definition) is 2. The predicted molar refractivity (Wildman–Crippen MR) is 66.3 cm³/mol. The summed E-state index contributed by atoms with van der Waals surface area (Å²) in [6.45, 7) is 3.02. The smallest absolute Gasteiger partial charge is 0.108 e. The van der Waals surface area contributed by atoms with Crippen LogP contribution in [0.3, 0.4) is 0 Å². The monoisotopic (exact) mass is 221 g/mol. The van der Waals surface area contributed by atoms with Crippen LogP contribution < -0.4 is 5.73 Å². The Morgan fingerprint density at radius 2 is 2.25 bits per heavy atom. The molecule has 2 rings (SSSR count). The molecule has 90 valence electrons. The van der Waals surface area contributed by atoms with Gasteiger partial charge >= 0.3 is 0 Å². The Morgan fingerprint density at radius 1 is 1.44 bits per heavy atom. The Hall–Kier alpha value is -0.830. The highest BCUT2D eigenvalue weighted by molar-refractivity contribution is 4.98. The van der Waals surface area contributed by atoms with Gasteiger partial charge in [-0.15, -0.1) is 0 Å².